The van der Waals surface area contributed by atoms with Gasteiger partial charge in [-0.1, -0.05) is 51.1 Å². The monoisotopic (exact) mass is 494 g/mol. The number of aliphatic hydroxyl groups excluding tert-OH is 1. The molecule has 1 amide bonds. The summed E-state index contributed by atoms with van der Waals surface area (Å²) in [7, 11) is 1.69. The van der Waals surface area contributed by atoms with Gasteiger partial charge in [0.2, 0.25) is 0 Å². The molecule has 0 spiro atoms. The number of fused-ring (bicyclic) bond motifs is 1. The number of benzene rings is 2. The molecule has 7 nitrogen and oxygen atoms in total. The normalized spacial score (nSPS) is 13.2. The van der Waals surface area contributed by atoms with Crippen LogP contribution in [0.5, 0.6) is 0 Å². The Kier molecular flexibility index (Phi) is 6.25. The van der Waals surface area contributed by atoms with Gasteiger partial charge in [0, 0.05) is 48.7 Å². The Morgan fingerprint density at radius 1 is 1.03 bits per heavy atom. The molecule has 2 aromatic heterocycles. The molecule has 0 bridgehead atoms. The molecule has 0 unspecified atom stereocenters. The zero-order valence-electron chi connectivity index (χ0n) is 21.5. The summed E-state index contributed by atoms with van der Waals surface area (Å²) in [6.07, 6.45) is 5.42. The van der Waals surface area contributed by atoms with Crippen molar-refractivity contribution in [1.82, 2.24) is 14.5 Å². The highest BCUT2D eigenvalue weighted by molar-refractivity contribution is 6.10. The molecular formula is C30H30N4O3. The third-order valence-electron chi connectivity index (χ3n) is 6.88. The predicted octanol–water partition coefficient (Wildman–Crippen LogP) is 4.38. The molecule has 0 aliphatic carbocycles. The first-order valence-electron chi connectivity index (χ1n) is 12.3. The molecule has 7 heteroatoms. The zero-order chi connectivity index (χ0) is 26.3. The molecule has 188 valence electrons. The van der Waals surface area contributed by atoms with Gasteiger partial charge in [0.25, 0.3) is 11.5 Å². The van der Waals surface area contributed by atoms with Crippen LogP contribution in [0, 0.1) is 0 Å². The first-order valence-corrected chi connectivity index (χ1v) is 12.3. The van der Waals surface area contributed by atoms with E-state index in [1.165, 1.54) is 10.1 Å². The van der Waals surface area contributed by atoms with Crippen molar-refractivity contribution in [2.75, 3.05) is 4.90 Å². The van der Waals surface area contributed by atoms with Crippen LogP contribution in [0.25, 0.3) is 11.3 Å². The lowest BCUT2D eigenvalue weighted by atomic mass is 9.85. The fourth-order valence-corrected chi connectivity index (χ4v) is 4.82. The lowest BCUT2D eigenvalue weighted by Crippen LogP contribution is -2.25. The molecule has 3 heterocycles. The van der Waals surface area contributed by atoms with Crippen molar-refractivity contribution in [2.24, 2.45) is 7.05 Å². The van der Waals surface area contributed by atoms with Gasteiger partial charge in [-0.2, -0.15) is 0 Å². The minimum atomic E-state index is -0.276. The van der Waals surface area contributed by atoms with Crippen molar-refractivity contribution in [2.45, 2.75) is 45.8 Å². The van der Waals surface area contributed by atoms with Crippen molar-refractivity contribution in [3.63, 3.8) is 0 Å². The van der Waals surface area contributed by atoms with Gasteiger partial charge in [-0.05, 0) is 40.3 Å². The van der Waals surface area contributed by atoms with Gasteiger partial charge < -0.3 is 14.6 Å². The fraction of sp³-hybridized carbons (Fsp3) is 0.267. The second kappa shape index (κ2) is 9.41. The molecule has 1 aliphatic rings. The summed E-state index contributed by atoms with van der Waals surface area (Å²) in [4.78, 5) is 36.8. The number of carbonyl (C=O) groups excluding carboxylic acids is 1. The Hall–Kier alpha value is -4.10. The van der Waals surface area contributed by atoms with Crippen LogP contribution in [-0.4, -0.2) is 25.5 Å². The molecule has 1 N–H and O–H groups in total. The van der Waals surface area contributed by atoms with Crippen molar-refractivity contribution in [3.05, 3.63) is 111 Å². The van der Waals surface area contributed by atoms with Gasteiger partial charge in [-0.3, -0.25) is 14.6 Å². The summed E-state index contributed by atoms with van der Waals surface area (Å²) in [6.45, 7) is 6.61. The lowest BCUT2D eigenvalue weighted by molar-refractivity contribution is 0.0996. The van der Waals surface area contributed by atoms with Crippen LogP contribution in [0.4, 0.5) is 5.69 Å². The number of nitrogens with zero attached hydrogens (tertiary/aromatic N) is 4. The SMILES string of the molecule is Cn1cc(-c2cccc(N3Cc4cc(C(C)(C)C)ccc4C3=O)c2CO)nc(Cc2cccnc2)c1=O. The standard InChI is InChI=1S/C30H30N4O3/c1-30(2,3)21-10-11-22-20(14-21)16-34(28(22)36)27-9-5-8-23(24(27)18-35)26-17-33(4)29(37)25(32-26)13-19-7-6-12-31-15-19/h5-12,14-15,17,35H,13,16,18H2,1-4H3. The van der Waals surface area contributed by atoms with Crippen LogP contribution in [-0.2, 0) is 32.0 Å². The van der Waals surface area contributed by atoms with Crippen LogP contribution in [0.2, 0.25) is 0 Å². The van der Waals surface area contributed by atoms with Gasteiger partial charge in [-0.25, -0.2) is 4.98 Å². The summed E-state index contributed by atoms with van der Waals surface area (Å²) < 4.78 is 1.51. The van der Waals surface area contributed by atoms with E-state index in [4.69, 9.17) is 4.98 Å². The van der Waals surface area contributed by atoms with E-state index in [1.54, 1.807) is 30.5 Å². The topological polar surface area (TPSA) is 88.3 Å². The third-order valence-corrected chi connectivity index (χ3v) is 6.88. The number of pyridine rings is 1. The Morgan fingerprint density at radius 3 is 2.54 bits per heavy atom. The number of anilines is 1. The molecule has 5 rings (SSSR count). The zero-order valence-corrected chi connectivity index (χ0v) is 21.5. The minimum Gasteiger partial charge on any atom is -0.392 e. The Morgan fingerprint density at radius 2 is 1.84 bits per heavy atom. The summed E-state index contributed by atoms with van der Waals surface area (Å²) in [5.41, 5.74) is 6.38. The molecule has 0 atom stereocenters. The second-order valence-corrected chi connectivity index (χ2v) is 10.5. The summed E-state index contributed by atoms with van der Waals surface area (Å²) in [5.74, 6) is -0.0898. The van der Waals surface area contributed by atoms with Gasteiger partial charge in [0.05, 0.1) is 24.5 Å². The van der Waals surface area contributed by atoms with Crippen LogP contribution >= 0.6 is 0 Å². The van der Waals surface area contributed by atoms with Crippen LogP contribution in [0.15, 0.2) is 71.9 Å². The first-order chi connectivity index (χ1) is 17.7. The minimum absolute atomic E-state index is 0.0237. The second-order valence-electron chi connectivity index (χ2n) is 10.5. The van der Waals surface area contributed by atoms with E-state index in [9.17, 15) is 14.7 Å². The van der Waals surface area contributed by atoms with Gasteiger partial charge in [0.1, 0.15) is 5.69 Å². The van der Waals surface area contributed by atoms with Crippen molar-refractivity contribution >= 4 is 11.6 Å². The molecule has 0 fully saturated rings. The molecule has 1 aliphatic heterocycles. The number of rotatable bonds is 5. The van der Waals surface area contributed by atoms with Crippen LogP contribution in [0.1, 0.15) is 59.1 Å². The first kappa shape index (κ1) is 24.6. The lowest BCUT2D eigenvalue weighted by Gasteiger charge is -2.21. The average Bonchev–Trinajstić information content (AvgIpc) is 3.21. The largest absolute Gasteiger partial charge is 0.392 e. The van der Waals surface area contributed by atoms with E-state index in [0.29, 0.717) is 46.7 Å². The van der Waals surface area contributed by atoms with E-state index in [-0.39, 0.29) is 23.5 Å². The van der Waals surface area contributed by atoms with Gasteiger partial charge in [0.15, 0.2) is 0 Å². The summed E-state index contributed by atoms with van der Waals surface area (Å²) in [6, 6.07) is 15.3. The van der Waals surface area contributed by atoms with E-state index in [1.807, 2.05) is 42.5 Å². The molecule has 0 radical (unpaired) electrons. The highest BCUT2D eigenvalue weighted by Crippen LogP contribution is 2.36. The average molecular weight is 495 g/mol. The highest BCUT2D eigenvalue weighted by atomic mass is 16.3. The van der Waals surface area contributed by atoms with E-state index >= 15 is 0 Å². The smallest absolute Gasteiger partial charge is 0.272 e. The summed E-state index contributed by atoms with van der Waals surface area (Å²) >= 11 is 0. The quantitative estimate of drug-likeness (QED) is 0.445. The van der Waals surface area contributed by atoms with E-state index in [0.717, 1.165) is 11.1 Å². The third kappa shape index (κ3) is 4.58. The molecule has 0 saturated heterocycles. The number of aryl methyl sites for hydroxylation is 1. The van der Waals surface area contributed by atoms with E-state index < -0.39 is 0 Å². The summed E-state index contributed by atoms with van der Waals surface area (Å²) in [5, 5.41) is 10.5. The van der Waals surface area contributed by atoms with E-state index in [2.05, 4.69) is 31.8 Å². The predicted molar refractivity (Wildman–Crippen MR) is 144 cm³/mol. The maximum Gasteiger partial charge on any atom is 0.272 e. The number of carbonyl (C=O) groups is 1. The fourth-order valence-electron chi connectivity index (χ4n) is 4.82. The number of amides is 1. The van der Waals surface area contributed by atoms with Crippen LogP contribution in [0.3, 0.4) is 0 Å². The van der Waals surface area contributed by atoms with Gasteiger partial charge in [-0.15, -0.1) is 0 Å². The maximum absolute atomic E-state index is 13.4. The Bertz CT molecular complexity index is 1550. The number of hydrogen-bond donors (Lipinski definition) is 1. The Balaban J connectivity index is 1.56. The van der Waals surface area contributed by atoms with Crippen LogP contribution < -0.4 is 10.5 Å². The number of hydrogen-bond acceptors (Lipinski definition) is 5. The molecule has 4 aromatic rings. The molecular weight excluding hydrogens is 464 g/mol. The molecule has 2 aromatic carbocycles. The van der Waals surface area contributed by atoms with Crippen molar-refractivity contribution < 1.29 is 9.90 Å². The maximum atomic E-state index is 13.4. The number of aliphatic hydroxyl groups is 1. The Labute approximate surface area is 216 Å². The van der Waals surface area contributed by atoms with Crippen molar-refractivity contribution in [3.8, 4) is 11.3 Å². The molecule has 0 saturated carbocycles. The highest BCUT2D eigenvalue weighted by Gasteiger charge is 2.31. The van der Waals surface area contributed by atoms with Gasteiger partial charge >= 0.3 is 0 Å². The molecule has 37 heavy (non-hydrogen) atoms. The number of aromatic nitrogens is 3. The van der Waals surface area contributed by atoms with Crippen molar-refractivity contribution in [1.29, 1.82) is 0 Å².